The van der Waals surface area contributed by atoms with Crippen molar-refractivity contribution in [2.75, 3.05) is 5.73 Å². The molecule has 0 bridgehead atoms. The quantitative estimate of drug-likeness (QED) is 0.855. The Hall–Kier alpha value is -1.55. The summed E-state index contributed by atoms with van der Waals surface area (Å²) in [7, 11) is 0. The van der Waals surface area contributed by atoms with Crippen LogP contribution in [0.15, 0.2) is 28.8 Å². The third-order valence-corrected chi connectivity index (χ3v) is 3.34. The van der Waals surface area contributed by atoms with Crippen molar-refractivity contribution in [1.29, 1.82) is 0 Å². The first-order valence-electron chi connectivity index (χ1n) is 6.46. The van der Waals surface area contributed by atoms with Crippen LogP contribution in [0.1, 0.15) is 30.1 Å². The number of anilines is 1. The lowest BCUT2D eigenvalue weighted by Crippen LogP contribution is -1.97. The van der Waals surface area contributed by atoms with Crippen molar-refractivity contribution in [3.8, 4) is 0 Å². The van der Waals surface area contributed by atoms with Gasteiger partial charge < -0.3 is 10.3 Å². The number of hydrogen-bond acceptors (Lipinski definition) is 4. The summed E-state index contributed by atoms with van der Waals surface area (Å²) in [5.74, 6) is 2.36. The monoisotopic (exact) mass is 279 g/mol. The molecule has 1 aliphatic carbocycles. The molecule has 1 heterocycles. The number of halogens is 1. The smallest absolute Gasteiger partial charge is 0.226 e. The zero-order chi connectivity index (χ0) is 12.4. The second kappa shape index (κ2) is 6.06. The molecular formula is C14H18ClN3O. The Morgan fingerprint density at radius 2 is 2.00 bits per heavy atom. The maximum absolute atomic E-state index is 5.90. The zero-order valence-corrected chi connectivity index (χ0v) is 11.5. The van der Waals surface area contributed by atoms with E-state index >= 15 is 0 Å². The fourth-order valence-corrected chi connectivity index (χ4v) is 2.06. The van der Waals surface area contributed by atoms with Crippen molar-refractivity contribution in [3.63, 3.8) is 0 Å². The van der Waals surface area contributed by atoms with Crippen LogP contribution in [-0.2, 0) is 19.3 Å². The van der Waals surface area contributed by atoms with Gasteiger partial charge in [0.05, 0.1) is 0 Å². The Labute approximate surface area is 118 Å². The van der Waals surface area contributed by atoms with E-state index in [4.69, 9.17) is 10.3 Å². The van der Waals surface area contributed by atoms with E-state index in [0.29, 0.717) is 5.89 Å². The molecule has 1 saturated carbocycles. The second-order valence-electron chi connectivity index (χ2n) is 4.95. The van der Waals surface area contributed by atoms with Crippen LogP contribution >= 0.6 is 12.4 Å². The average Bonchev–Trinajstić information content (AvgIpc) is 3.06. The van der Waals surface area contributed by atoms with Gasteiger partial charge in [0.15, 0.2) is 5.82 Å². The van der Waals surface area contributed by atoms with Crippen molar-refractivity contribution < 1.29 is 4.52 Å². The third kappa shape index (κ3) is 3.70. The van der Waals surface area contributed by atoms with Crippen LogP contribution < -0.4 is 5.73 Å². The highest BCUT2D eigenvalue weighted by Gasteiger charge is 2.23. The van der Waals surface area contributed by atoms with E-state index in [0.717, 1.165) is 42.3 Å². The number of benzene rings is 1. The first kappa shape index (κ1) is 13.9. The van der Waals surface area contributed by atoms with Crippen LogP contribution in [0.5, 0.6) is 0 Å². The molecule has 0 aliphatic heterocycles. The number of aryl methyl sites for hydroxylation is 2. The summed E-state index contributed by atoms with van der Waals surface area (Å²) in [6.45, 7) is 0. The Morgan fingerprint density at radius 1 is 1.21 bits per heavy atom. The van der Waals surface area contributed by atoms with Gasteiger partial charge >= 0.3 is 0 Å². The van der Waals surface area contributed by atoms with Crippen molar-refractivity contribution >= 4 is 18.1 Å². The molecule has 1 aromatic carbocycles. The maximum atomic E-state index is 5.90. The number of rotatable bonds is 5. The lowest BCUT2D eigenvalue weighted by Gasteiger charge is -2.02. The normalized spacial score (nSPS) is 14.1. The lowest BCUT2D eigenvalue weighted by atomic mass is 10.1. The van der Waals surface area contributed by atoms with Crippen LogP contribution in [0.2, 0.25) is 0 Å². The van der Waals surface area contributed by atoms with Crippen LogP contribution in [0.4, 0.5) is 5.69 Å². The van der Waals surface area contributed by atoms with Gasteiger partial charge in [0.25, 0.3) is 0 Å². The largest absolute Gasteiger partial charge is 0.399 e. The van der Waals surface area contributed by atoms with Crippen molar-refractivity contribution in [2.45, 2.75) is 32.1 Å². The first-order valence-corrected chi connectivity index (χ1v) is 6.46. The summed E-state index contributed by atoms with van der Waals surface area (Å²) in [5, 5.41) is 4.01. The van der Waals surface area contributed by atoms with Crippen molar-refractivity contribution in [1.82, 2.24) is 10.1 Å². The highest BCUT2D eigenvalue weighted by Crippen LogP contribution is 2.31. The summed E-state index contributed by atoms with van der Waals surface area (Å²) >= 11 is 0. The molecule has 0 atom stereocenters. The molecule has 0 amide bonds. The standard InChI is InChI=1S/C14H17N3O.ClH/c15-12-4-2-1-3-11(12)7-8-14-16-13(17-18-14)9-10-5-6-10;/h1-4,10H,5-9,15H2;1H. The van der Waals surface area contributed by atoms with E-state index in [9.17, 15) is 0 Å². The summed E-state index contributed by atoms with van der Waals surface area (Å²) in [6.07, 6.45) is 5.19. The summed E-state index contributed by atoms with van der Waals surface area (Å²) in [6, 6.07) is 7.90. The molecule has 1 aromatic heterocycles. The van der Waals surface area contributed by atoms with E-state index in [1.54, 1.807) is 0 Å². The average molecular weight is 280 g/mol. The van der Waals surface area contributed by atoms with E-state index in [-0.39, 0.29) is 12.4 Å². The predicted octanol–water partition coefficient (Wildman–Crippen LogP) is 2.81. The topological polar surface area (TPSA) is 64.9 Å². The van der Waals surface area contributed by atoms with Gasteiger partial charge in [-0.25, -0.2) is 0 Å². The SMILES string of the molecule is Cl.Nc1ccccc1CCc1nc(CC2CC2)no1. The molecule has 5 heteroatoms. The molecule has 4 nitrogen and oxygen atoms in total. The molecule has 2 aromatic rings. The van der Waals surface area contributed by atoms with Gasteiger partial charge in [0, 0.05) is 18.5 Å². The van der Waals surface area contributed by atoms with Crippen molar-refractivity contribution in [2.24, 2.45) is 5.92 Å². The third-order valence-electron chi connectivity index (χ3n) is 3.34. The Morgan fingerprint density at radius 3 is 2.74 bits per heavy atom. The molecule has 102 valence electrons. The molecule has 0 saturated heterocycles. The Balaban J connectivity index is 0.00000133. The maximum Gasteiger partial charge on any atom is 0.226 e. The Bertz CT molecular complexity index is 537. The minimum absolute atomic E-state index is 0. The number of para-hydroxylation sites is 1. The molecule has 19 heavy (non-hydrogen) atoms. The minimum atomic E-state index is 0. The van der Waals surface area contributed by atoms with Crippen molar-refractivity contribution in [3.05, 3.63) is 41.5 Å². The number of nitrogens with two attached hydrogens (primary N) is 1. The van der Waals surface area contributed by atoms with Gasteiger partial charge in [0.1, 0.15) is 0 Å². The molecule has 1 aliphatic rings. The molecule has 0 unspecified atom stereocenters. The van der Waals surface area contributed by atoms with Gasteiger partial charge in [0.2, 0.25) is 5.89 Å². The van der Waals surface area contributed by atoms with Gasteiger partial charge in [-0.2, -0.15) is 4.98 Å². The van der Waals surface area contributed by atoms with Gasteiger partial charge in [-0.15, -0.1) is 12.4 Å². The van der Waals surface area contributed by atoms with Crippen LogP contribution in [0.25, 0.3) is 0 Å². The predicted molar refractivity (Wildman–Crippen MR) is 76.2 cm³/mol. The van der Waals surface area contributed by atoms with Gasteiger partial charge in [-0.3, -0.25) is 0 Å². The highest BCUT2D eigenvalue weighted by molar-refractivity contribution is 5.85. The fraction of sp³-hybridized carbons (Fsp3) is 0.429. The molecule has 0 radical (unpaired) electrons. The van der Waals surface area contributed by atoms with Gasteiger partial charge in [-0.1, -0.05) is 23.4 Å². The fourth-order valence-electron chi connectivity index (χ4n) is 2.06. The van der Waals surface area contributed by atoms with E-state index in [2.05, 4.69) is 10.1 Å². The van der Waals surface area contributed by atoms with Crippen LogP contribution in [-0.4, -0.2) is 10.1 Å². The molecule has 2 N–H and O–H groups in total. The minimum Gasteiger partial charge on any atom is -0.399 e. The molecule has 1 fully saturated rings. The van der Waals surface area contributed by atoms with Crippen LogP contribution in [0, 0.1) is 5.92 Å². The summed E-state index contributed by atoms with van der Waals surface area (Å²) < 4.78 is 5.25. The van der Waals surface area contributed by atoms with E-state index < -0.39 is 0 Å². The van der Waals surface area contributed by atoms with E-state index in [1.165, 1.54) is 12.8 Å². The van der Waals surface area contributed by atoms with E-state index in [1.807, 2.05) is 24.3 Å². The second-order valence-corrected chi connectivity index (χ2v) is 4.95. The number of nitrogen functional groups attached to an aromatic ring is 1. The van der Waals surface area contributed by atoms with Gasteiger partial charge in [-0.05, 0) is 36.8 Å². The summed E-state index contributed by atoms with van der Waals surface area (Å²) in [5.41, 5.74) is 7.86. The number of nitrogens with zero attached hydrogens (tertiary/aromatic N) is 2. The molecule has 0 spiro atoms. The Kier molecular flexibility index (Phi) is 4.43. The number of aromatic nitrogens is 2. The molecule has 3 rings (SSSR count). The summed E-state index contributed by atoms with van der Waals surface area (Å²) in [4.78, 5) is 4.42. The first-order chi connectivity index (χ1) is 8.81. The van der Waals surface area contributed by atoms with Crippen LogP contribution in [0.3, 0.4) is 0 Å². The zero-order valence-electron chi connectivity index (χ0n) is 10.7. The highest BCUT2D eigenvalue weighted by atomic mass is 35.5. The molecular weight excluding hydrogens is 262 g/mol. The number of hydrogen-bond donors (Lipinski definition) is 1. The lowest BCUT2D eigenvalue weighted by molar-refractivity contribution is 0.372.